The molecule has 2 aromatic carbocycles. The molecule has 2 saturated heterocycles. The van der Waals surface area contributed by atoms with Crippen molar-refractivity contribution in [3.8, 4) is 5.75 Å². The lowest BCUT2D eigenvalue weighted by atomic mass is 9.74. The Morgan fingerprint density at radius 3 is 2.72 bits per heavy atom. The van der Waals surface area contributed by atoms with E-state index < -0.39 is 11.9 Å². The Labute approximate surface area is 276 Å². The summed E-state index contributed by atoms with van der Waals surface area (Å²) in [7, 11) is 0. The molecule has 0 spiro atoms. The smallest absolute Gasteiger partial charge is 0.261 e. The highest BCUT2D eigenvalue weighted by molar-refractivity contribution is 6.32. The number of carbonyl (C=O) groups is 5. The number of carbonyl (C=O) groups excluding carboxylic acids is 5. The van der Waals surface area contributed by atoms with Crippen molar-refractivity contribution in [2.75, 3.05) is 43.0 Å². The number of fused-ring (bicyclic) bond motifs is 2. The first kappa shape index (κ1) is 30.7. The summed E-state index contributed by atoms with van der Waals surface area (Å²) in [6.45, 7) is 3.28. The second-order valence-electron chi connectivity index (χ2n) is 12.2. The molecule has 2 fully saturated rings. The molecule has 2 atom stereocenters. The lowest BCUT2D eigenvalue weighted by Gasteiger charge is -2.35. The molecule has 5 amide bonds. The third-order valence-corrected chi connectivity index (χ3v) is 10.0. The number of hydrogen-bond acceptors (Lipinski definition) is 8. The lowest BCUT2D eigenvalue weighted by molar-refractivity contribution is -0.138. The van der Waals surface area contributed by atoms with Gasteiger partial charge in [0.1, 0.15) is 24.2 Å². The number of rotatable bonds is 7. The highest BCUT2D eigenvalue weighted by Gasteiger charge is 2.42. The van der Waals surface area contributed by atoms with Gasteiger partial charge in [-0.05, 0) is 54.3 Å². The molecule has 7 rings (SSSR count). The van der Waals surface area contributed by atoms with E-state index in [2.05, 4.69) is 22.5 Å². The average Bonchev–Trinajstić information content (AvgIpc) is 3.62. The monoisotopic (exact) mass is 656 g/mol. The van der Waals surface area contributed by atoms with E-state index in [-0.39, 0.29) is 61.6 Å². The molecule has 5 heterocycles. The van der Waals surface area contributed by atoms with Crippen molar-refractivity contribution in [3.05, 3.63) is 82.0 Å². The maximum absolute atomic E-state index is 13.3. The van der Waals surface area contributed by atoms with Gasteiger partial charge in [0.2, 0.25) is 17.7 Å². The van der Waals surface area contributed by atoms with Gasteiger partial charge in [0.15, 0.2) is 6.61 Å². The Morgan fingerprint density at radius 1 is 1.09 bits per heavy atom. The largest absolute Gasteiger partial charge is 0.484 e. The number of nitrogens with one attached hydrogen (secondary N) is 2. The number of amides is 5. The van der Waals surface area contributed by atoms with Crippen LogP contribution in [0, 0.1) is 0 Å². The van der Waals surface area contributed by atoms with E-state index in [4.69, 9.17) is 16.3 Å². The van der Waals surface area contributed by atoms with Gasteiger partial charge < -0.3 is 24.8 Å². The number of ether oxygens (including phenoxy) is 1. The van der Waals surface area contributed by atoms with Gasteiger partial charge in [-0.1, -0.05) is 36.7 Å². The predicted molar refractivity (Wildman–Crippen MR) is 172 cm³/mol. The van der Waals surface area contributed by atoms with E-state index in [1.165, 1.54) is 9.80 Å². The van der Waals surface area contributed by atoms with Crippen LogP contribution in [-0.4, -0.2) is 83.1 Å². The van der Waals surface area contributed by atoms with E-state index in [9.17, 15) is 24.0 Å². The van der Waals surface area contributed by atoms with Gasteiger partial charge in [-0.2, -0.15) is 0 Å². The van der Waals surface area contributed by atoms with Crippen LogP contribution in [0.3, 0.4) is 0 Å². The van der Waals surface area contributed by atoms with Crippen molar-refractivity contribution in [1.82, 2.24) is 20.1 Å². The minimum absolute atomic E-state index is 0.0882. The van der Waals surface area contributed by atoms with Crippen LogP contribution < -0.4 is 20.3 Å². The Balaban J connectivity index is 0.981. The molecule has 3 aromatic rings. The molecule has 4 aliphatic heterocycles. The first-order chi connectivity index (χ1) is 22.7. The highest BCUT2D eigenvalue weighted by Crippen LogP contribution is 2.47. The number of piperidine rings is 1. The van der Waals surface area contributed by atoms with Crippen LogP contribution in [0.15, 0.2) is 54.7 Å². The SMILES string of the molecule is CCC1(c2cccc(N3CCN(C(=O)COc4ccc5c(c4)C(=O)N(C4CCC(=O)NC4=O)C5)CC3=O)c2)CNc2nccc(Cl)c21. The summed E-state index contributed by atoms with van der Waals surface area (Å²) < 4.78 is 5.76. The summed E-state index contributed by atoms with van der Waals surface area (Å²) in [5, 5.41) is 6.33. The van der Waals surface area contributed by atoms with Gasteiger partial charge in [0.05, 0.1) is 0 Å². The zero-order valence-corrected chi connectivity index (χ0v) is 26.5. The lowest BCUT2D eigenvalue weighted by Crippen LogP contribution is -2.53. The number of anilines is 2. The van der Waals surface area contributed by atoms with E-state index in [0.717, 1.165) is 34.6 Å². The van der Waals surface area contributed by atoms with Crippen LogP contribution in [-0.2, 0) is 31.1 Å². The quantitative estimate of drug-likeness (QED) is 0.370. The number of benzene rings is 2. The summed E-state index contributed by atoms with van der Waals surface area (Å²) in [5.74, 6) is -0.578. The number of imide groups is 1. The summed E-state index contributed by atoms with van der Waals surface area (Å²) in [6, 6.07) is 14.0. The molecule has 2 N–H and O–H groups in total. The molecule has 0 aliphatic carbocycles. The number of pyridine rings is 1. The van der Waals surface area contributed by atoms with Crippen molar-refractivity contribution in [1.29, 1.82) is 0 Å². The van der Waals surface area contributed by atoms with Gasteiger partial charge in [0, 0.05) is 66.0 Å². The molecule has 4 aliphatic rings. The molecule has 13 heteroatoms. The van der Waals surface area contributed by atoms with E-state index in [0.29, 0.717) is 36.0 Å². The van der Waals surface area contributed by atoms with Crippen molar-refractivity contribution >= 4 is 52.6 Å². The van der Waals surface area contributed by atoms with Gasteiger partial charge >= 0.3 is 0 Å². The maximum Gasteiger partial charge on any atom is 0.261 e. The summed E-state index contributed by atoms with van der Waals surface area (Å²) in [6.07, 6.45) is 2.93. The van der Waals surface area contributed by atoms with E-state index in [1.807, 2.05) is 24.3 Å². The van der Waals surface area contributed by atoms with Crippen molar-refractivity contribution < 1.29 is 28.7 Å². The number of halogens is 1. The fourth-order valence-electron chi connectivity index (χ4n) is 7.09. The Kier molecular flexibility index (Phi) is 7.83. The molecule has 2 unspecified atom stereocenters. The number of hydrogen-bond donors (Lipinski definition) is 2. The Bertz CT molecular complexity index is 1830. The normalized spacial score (nSPS) is 22.2. The summed E-state index contributed by atoms with van der Waals surface area (Å²) in [4.78, 5) is 72.5. The first-order valence-electron chi connectivity index (χ1n) is 15.7. The third-order valence-electron chi connectivity index (χ3n) is 9.69. The van der Waals surface area contributed by atoms with Crippen LogP contribution in [0.25, 0.3) is 0 Å². The predicted octanol–water partition coefficient (Wildman–Crippen LogP) is 2.87. The minimum atomic E-state index is -0.711. The molecular weight excluding hydrogens is 624 g/mol. The fourth-order valence-corrected chi connectivity index (χ4v) is 7.42. The molecular formula is C34H33ClN6O6. The number of nitrogens with zero attached hydrogens (tertiary/aromatic N) is 4. The van der Waals surface area contributed by atoms with Crippen LogP contribution in [0.2, 0.25) is 5.02 Å². The number of piperazine rings is 1. The average molecular weight is 657 g/mol. The molecule has 0 saturated carbocycles. The van der Waals surface area contributed by atoms with Crippen LogP contribution in [0.5, 0.6) is 5.75 Å². The van der Waals surface area contributed by atoms with Crippen LogP contribution >= 0.6 is 11.6 Å². The zero-order valence-electron chi connectivity index (χ0n) is 25.8. The van der Waals surface area contributed by atoms with Crippen LogP contribution in [0.4, 0.5) is 11.5 Å². The fraction of sp³-hybridized carbons (Fsp3) is 0.353. The van der Waals surface area contributed by atoms with Crippen molar-refractivity contribution in [2.24, 2.45) is 0 Å². The van der Waals surface area contributed by atoms with E-state index >= 15 is 0 Å². The maximum atomic E-state index is 13.3. The number of aromatic nitrogens is 1. The van der Waals surface area contributed by atoms with E-state index in [1.54, 1.807) is 35.4 Å². The summed E-state index contributed by atoms with van der Waals surface area (Å²) >= 11 is 6.65. The summed E-state index contributed by atoms with van der Waals surface area (Å²) in [5.41, 5.74) is 3.49. The van der Waals surface area contributed by atoms with Gasteiger partial charge in [0.25, 0.3) is 11.8 Å². The zero-order chi connectivity index (χ0) is 32.9. The highest BCUT2D eigenvalue weighted by atomic mass is 35.5. The second kappa shape index (κ2) is 12.0. The molecule has 1 aromatic heterocycles. The first-order valence-corrected chi connectivity index (χ1v) is 16.0. The Hall–Kier alpha value is -4.97. The third kappa shape index (κ3) is 5.36. The standard InChI is InChI=1S/C34H33ClN6O6/c1-2-34(19-37-31-30(34)25(35)10-11-36-31)21-4-3-5-22(14-21)40-13-12-39(17-28(40)43)29(44)18-47-23-7-6-20-16-41(33(46)24(20)15-23)26-8-9-27(42)38-32(26)45/h3-7,10-11,14-15,26H,2,8-9,12-13,16-19H2,1H3,(H,36,37)(H,38,42,45). The Morgan fingerprint density at radius 2 is 1.94 bits per heavy atom. The van der Waals surface area contributed by atoms with Crippen LogP contribution in [0.1, 0.15) is 53.2 Å². The van der Waals surface area contributed by atoms with Crippen molar-refractivity contribution in [2.45, 2.75) is 44.2 Å². The van der Waals surface area contributed by atoms with Gasteiger partial charge in [-0.25, -0.2) is 4.98 Å². The molecule has 12 nitrogen and oxygen atoms in total. The minimum Gasteiger partial charge on any atom is -0.484 e. The molecule has 0 bridgehead atoms. The molecule has 0 radical (unpaired) electrons. The molecule has 47 heavy (non-hydrogen) atoms. The van der Waals surface area contributed by atoms with Gasteiger partial charge in [-0.15, -0.1) is 0 Å². The topological polar surface area (TPSA) is 141 Å². The second-order valence-corrected chi connectivity index (χ2v) is 12.6. The van der Waals surface area contributed by atoms with Gasteiger partial charge in [-0.3, -0.25) is 29.3 Å². The molecule has 242 valence electrons. The van der Waals surface area contributed by atoms with Crippen molar-refractivity contribution in [3.63, 3.8) is 0 Å².